The zero-order valence-corrected chi connectivity index (χ0v) is 10.8. The molecule has 0 radical (unpaired) electrons. The maximum Gasteiger partial charge on any atom is 0.178 e. The van der Waals surface area contributed by atoms with Crippen LogP contribution in [0.1, 0.15) is 41.0 Å². The van der Waals surface area contributed by atoms with Gasteiger partial charge >= 0.3 is 0 Å². The quantitative estimate of drug-likeness (QED) is 0.581. The molecule has 0 saturated heterocycles. The van der Waals surface area contributed by atoms with Gasteiger partial charge in [0.1, 0.15) is 6.61 Å². The van der Waals surface area contributed by atoms with E-state index in [1.165, 1.54) is 0 Å². The van der Waals surface area contributed by atoms with Crippen molar-refractivity contribution in [2.24, 2.45) is 0 Å². The zero-order chi connectivity index (χ0) is 11.9. The first-order valence-electron chi connectivity index (χ1n) is 5.86. The minimum Gasteiger partial charge on any atom is -0.374 e. The molecule has 0 atom stereocenters. The number of carbonyl (C=O) groups is 1. The molecule has 0 heterocycles. The van der Waals surface area contributed by atoms with E-state index in [0.29, 0.717) is 6.61 Å². The molecule has 0 spiro atoms. The predicted octanol–water partition coefficient (Wildman–Crippen LogP) is 2.10. The first-order valence-corrected chi connectivity index (χ1v) is 5.86. The summed E-state index contributed by atoms with van der Waals surface area (Å²) >= 11 is 0. The largest absolute Gasteiger partial charge is 0.374 e. The van der Waals surface area contributed by atoms with Crippen molar-refractivity contribution in [3.63, 3.8) is 0 Å². The van der Waals surface area contributed by atoms with Crippen LogP contribution < -0.4 is 0 Å². The van der Waals surface area contributed by atoms with E-state index in [0.717, 1.165) is 19.5 Å². The third kappa shape index (κ3) is 4.31. The SMILES string of the molecule is CCCOCC(=O)C(C)(C)N(CC)CC. The number of carbonyl (C=O) groups excluding carboxylic acids is 1. The molecule has 0 aliphatic heterocycles. The highest BCUT2D eigenvalue weighted by atomic mass is 16.5. The molecule has 0 bridgehead atoms. The lowest BCUT2D eigenvalue weighted by Gasteiger charge is -2.35. The van der Waals surface area contributed by atoms with Gasteiger partial charge in [0.15, 0.2) is 5.78 Å². The van der Waals surface area contributed by atoms with Crippen LogP contribution in [0.3, 0.4) is 0 Å². The van der Waals surface area contributed by atoms with Gasteiger partial charge in [0.25, 0.3) is 0 Å². The summed E-state index contributed by atoms with van der Waals surface area (Å²) in [5, 5.41) is 0. The van der Waals surface area contributed by atoms with E-state index < -0.39 is 5.54 Å². The summed E-state index contributed by atoms with van der Waals surface area (Å²) in [6.45, 7) is 12.8. The summed E-state index contributed by atoms with van der Waals surface area (Å²) in [5.74, 6) is 0.166. The van der Waals surface area contributed by atoms with Gasteiger partial charge < -0.3 is 4.74 Å². The molecule has 0 saturated carbocycles. The van der Waals surface area contributed by atoms with E-state index in [9.17, 15) is 4.79 Å². The van der Waals surface area contributed by atoms with Gasteiger partial charge in [-0.3, -0.25) is 9.69 Å². The third-order valence-electron chi connectivity index (χ3n) is 2.82. The van der Waals surface area contributed by atoms with Gasteiger partial charge in [0.05, 0.1) is 5.54 Å². The summed E-state index contributed by atoms with van der Waals surface area (Å²) in [6.07, 6.45) is 0.957. The van der Waals surface area contributed by atoms with Crippen molar-refractivity contribution in [1.82, 2.24) is 4.90 Å². The average molecular weight is 215 g/mol. The summed E-state index contributed by atoms with van der Waals surface area (Å²) in [7, 11) is 0. The van der Waals surface area contributed by atoms with Crippen LogP contribution in [-0.2, 0) is 9.53 Å². The topological polar surface area (TPSA) is 29.5 Å². The van der Waals surface area contributed by atoms with Gasteiger partial charge in [-0.15, -0.1) is 0 Å². The highest BCUT2D eigenvalue weighted by Crippen LogP contribution is 2.15. The number of likely N-dealkylation sites (N-methyl/N-ethyl adjacent to an activating group) is 1. The number of hydrogen-bond acceptors (Lipinski definition) is 3. The Kier molecular flexibility index (Phi) is 6.77. The number of ether oxygens (including phenoxy) is 1. The van der Waals surface area contributed by atoms with Crippen molar-refractivity contribution >= 4 is 5.78 Å². The van der Waals surface area contributed by atoms with Crippen molar-refractivity contribution in [3.8, 4) is 0 Å². The van der Waals surface area contributed by atoms with E-state index in [-0.39, 0.29) is 12.4 Å². The average Bonchev–Trinajstić information content (AvgIpc) is 2.19. The number of rotatable bonds is 8. The molecule has 0 aliphatic carbocycles. The van der Waals surface area contributed by atoms with Crippen LogP contribution in [0.4, 0.5) is 0 Å². The van der Waals surface area contributed by atoms with Crippen LogP contribution in [0.5, 0.6) is 0 Å². The van der Waals surface area contributed by atoms with E-state index in [2.05, 4.69) is 18.7 Å². The lowest BCUT2D eigenvalue weighted by Crippen LogP contribution is -2.51. The standard InChI is InChI=1S/C12H25NO2/c1-6-9-15-10-11(14)12(4,5)13(7-2)8-3/h6-10H2,1-5H3. The second-order valence-corrected chi connectivity index (χ2v) is 4.21. The molecule has 0 aromatic heterocycles. The second kappa shape index (κ2) is 6.96. The molecule has 0 amide bonds. The molecule has 0 fully saturated rings. The second-order valence-electron chi connectivity index (χ2n) is 4.21. The van der Waals surface area contributed by atoms with Gasteiger partial charge in [-0.05, 0) is 33.4 Å². The summed E-state index contributed by atoms with van der Waals surface area (Å²) in [6, 6.07) is 0. The van der Waals surface area contributed by atoms with Crippen LogP contribution in [0, 0.1) is 0 Å². The van der Waals surface area contributed by atoms with Crippen molar-refractivity contribution < 1.29 is 9.53 Å². The van der Waals surface area contributed by atoms with Gasteiger partial charge in [0.2, 0.25) is 0 Å². The van der Waals surface area contributed by atoms with Crippen molar-refractivity contribution in [2.75, 3.05) is 26.3 Å². The predicted molar refractivity (Wildman–Crippen MR) is 63.1 cm³/mol. The molecular formula is C12H25NO2. The first kappa shape index (κ1) is 14.6. The van der Waals surface area contributed by atoms with Gasteiger partial charge in [0, 0.05) is 6.61 Å². The van der Waals surface area contributed by atoms with Crippen molar-refractivity contribution in [1.29, 1.82) is 0 Å². The number of ketones is 1. The number of nitrogens with zero attached hydrogens (tertiary/aromatic N) is 1. The Morgan fingerprint density at radius 3 is 2.13 bits per heavy atom. The van der Waals surface area contributed by atoms with Crippen LogP contribution in [0.25, 0.3) is 0 Å². The smallest absolute Gasteiger partial charge is 0.178 e. The molecule has 0 unspecified atom stereocenters. The molecule has 0 aromatic rings. The summed E-state index contributed by atoms with van der Waals surface area (Å²) in [4.78, 5) is 14.1. The Labute approximate surface area is 93.8 Å². The molecule has 0 N–H and O–H groups in total. The fourth-order valence-corrected chi connectivity index (χ4v) is 1.68. The molecule has 0 aromatic carbocycles. The van der Waals surface area contributed by atoms with E-state index in [1.807, 2.05) is 20.8 Å². The molecular weight excluding hydrogens is 190 g/mol. The fraction of sp³-hybridized carbons (Fsp3) is 0.917. The summed E-state index contributed by atoms with van der Waals surface area (Å²) in [5.41, 5.74) is -0.406. The Balaban J connectivity index is 4.23. The Hall–Kier alpha value is -0.410. The molecule has 0 rings (SSSR count). The minimum atomic E-state index is -0.406. The van der Waals surface area contributed by atoms with Gasteiger partial charge in [-0.25, -0.2) is 0 Å². The maximum absolute atomic E-state index is 11.9. The van der Waals surface area contributed by atoms with E-state index in [4.69, 9.17) is 4.74 Å². The zero-order valence-electron chi connectivity index (χ0n) is 10.8. The maximum atomic E-state index is 11.9. The minimum absolute atomic E-state index is 0.166. The van der Waals surface area contributed by atoms with Gasteiger partial charge in [-0.2, -0.15) is 0 Å². The van der Waals surface area contributed by atoms with Gasteiger partial charge in [-0.1, -0.05) is 20.8 Å². The third-order valence-corrected chi connectivity index (χ3v) is 2.82. The van der Waals surface area contributed by atoms with Crippen molar-refractivity contribution in [3.05, 3.63) is 0 Å². The highest BCUT2D eigenvalue weighted by Gasteiger charge is 2.32. The monoisotopic (exact) mass is 215 g/mol. The Morgan fingerprint density at radius 1 is 1.20 bits per heavy atom. The lowest BCUT2D eigenvalue weighted by molar-refractivity contribution is -0.134. The molecule has 15 heavy (non-hydrogen) atoms. The van der Waals surface area contributed by atoms with Crippen LogP contribution in [0.2, 0.25) is 0 Å². The Morgan fingerprint density at radius 2 is 1.73 bits per heavy atom. The van der Waals surface area contributed by atoms with Crippen LogP contribution in [0.15, 0.2) is 0 Å². The normalized spacial score (nSPS) is 12.1. The van der Waals surface area contributed by atoms with Crippen LogP contribution in [-0.4, -0.2) is 42.5 Å². The van der Waals surface area contributed by atoms with E-state index in [1.54, 1.807) is 0 Å². The highest BCUT2D eigenvalue weighted by molar-refractivity contribution is 5.88. The molecule has 0 aliphatic rings. The molecule has 3 nitrogen and oxygen atoms in total. The number of Topliss-reactive ketones (excluding diaryl/α,β-unsaturated/α-hetero) is 1. The van der Waals surface area contributed by atoms with Crippen molar-refractivity contribution in [2.45, 2.75) is 46.6 Å². The van der Waals surface area contributed by atoms with Crippen LogP contribution >= 0.6 is 0 Å². The molecule has 3 heteroatoms. The fourth-order valence-electron chi connectivity index (χ4n) is 1.68. The molecule has 90 valence electrons. The lowest BCUT2D eigenvalue weighted by atomic mass is 9.97. The van der Waals surface area contributed by atoms with E-state index >= 15 is 0 Å². The Bertz CT molecular complexity index is 186. The first-order chi connectivity index (χ1) is 7.00. The summed E-state index contributed by atoms with van der Waals surface area (Å²) < 4.78 is 5.29. The number of hydrogen-bond donors (Lipinski definition) is 0.